The van der Waals surface area contributed by atoms with Gasteiger partial charge in [0.25, 0.3) is 17.5 Å². The van der Waals surface area contributed by atoms with Gasteiger partial charge in [-0.15, -0.1) is 0 Å². The van der Waals surface area contributed by atoms with Gasteiger partial charge in [-0.05, 0) is 24.3 Å². The van der Waals surface area contributed by atoms with E-state index < -0.39 is 22.4 Å². The lowest BCUT2D eigenvalue weighted by Gasteiger charge is -2.14. The van der Waals surface area contributed by atoms with Crippen LogP contribution in [0, 0.1) is 10.1 Å². The van der Waals surface area contributed by atoms with Gasteiger partial charge in [0.2, 0.25) is 0 Å². The van der Waals surface area contributed by atoms with Gasteiger partial charge in [0.05, 0.1) is 48.8 Å². The summed E-state index contributed by atoms with van der Waals surface area (Å²) < 4.78 is 20.8. The Morgan fingerprint density at radius 1 is 1.00 bits per heavy atom. The number of nitrogens with zero attached hydrogens (tertiary/aromatic N) is 1. The topological polar surface area (TPSA) is 142 Å². The highest BCUT2D eigenvalue weighted by molar-refractivity contribution is 6.11. The SMILES string of the molecule is COCCOc1cc([N+](=O)[O-])c(C(=O)Nc2ccccc2C(=O)NCc2ccco2)cc1OC. The van der Waals surface area contributed by atoms with Gasteiger partial charge >= 0.3 is 0 Å². The predicted molar refractivity (Wildman–Crippen MR) is 121 cm³/mol. The molecule has 2 aromatic carbocycles. The van der Waals surface area contributed by atoms with Crippen LogP contribution in [0.15, 0.2) is 59.2 Å². The van der Waals surface area contributed by atoms with Crippen LogP contribution in [0.25, 0.3) is 0 Å². The lowest BCUT2D eigenvalue weighted by atomic mass is 10.1. The first-order chi connectivity index (χ1) is 16.4. The van der Waals surface area contributed by atoms with Crippen LogP contribution < -0.4 is 20.1 Å². The second-order valence-electron chi connectivity index (χ2n) is 6.88. The van der Waals surface area contributed by atoms with Crippen molar-refractivity contribution < 1.29 is 33.1 Å². The maximum Gasteiger partial charge on any atom is 0.286 e. The summed E-state index contributed by atoms with van der Waals surface area (Å²) in [4.78, 5) is 36.7. The van der Waals surface area contributed by atoms with Crippen molar-refractivity contribution in [2.24, 2.45) is 0 Å². The molecule has 1 aromatic heterocycles. The Morgan fingerprint density at radius 3 is 2.47 bits per heavy atom. The first-order valence-electron chi connectivity index (χ1n) is 10.1. The number of furan rings is 1. The molecular weight excluding hydrogens is 446 g/mol. The zero-order chi connectivity index (χ0) is 24.5. The molecule has 0 aliphatic heterocycles. The van der Waals surface area contributed by atoms with Crippen molar-refractivity contribution in [2.75, 3.05) is 32.8 Å². The molecule has 0 bridgehead atoms. The molecule has 0 aliphatic rings. The molecule has 11 heteroatoms. The van der Waals surface area contributed by atoms with Crippen LogP contribution >= 0.6 is 0 Å². The van der Waals surface area contributed by atoms with Gasteiger partial charge < -0.3 is 29.3 Å². The van der Waals surface area contributed by atoms with E-state index in [1.54, 1.807) is 24.3 Å². The van der Waals surface area contributed by atoms with E-state index in [4.69, 9.17) is 18.6 Å². The average Bonchev–Trinajstić information content (AvgIpc) is 3.36. The molecule has 0 saturated carbocycles. The fraction of sp³-hybridized carbons (Fsp3) is 0.217. The number of carbonyl (C=O) groups is 2. The van der Waals surface area contributed by atoms with E-state index in [0.717, 1.165) is 6.07 Å². The van der Waals surface area contributed by atoms with Crippen molar-refractivity contribution in [1.82, 2.24) is 5.32 Å². The highest BCUT2D eigenvalue weighted by atomic mass is 16.6. The van der Waals surface area contributed by atoms with Crippen LogP contribution in [-0.2, 0) is 11.3 Å². The third-order valence-corrected chi connectivity index (χ3v) is 4.69. The summed E-state index contributed by atoms with van der Waals surface area (Å²) in [6.07, 6.45) is 1.49. The maximum absolute atomic E-state index is 13.0. The summed E-state index contributed by atoms with van der Waals surface area (Å²) in [5.41, 5.74) is -0.383. The van der Waals surface area contributed by atoms with Gasteiger partial charge in [0.15, 0.2) is 11.5 Å². The molecule has 0 atom stereocenters. The highest BCUT2D eigenvalue weighted by Crippen LogP contribution is 2.35. The number of benzene rings is 2. The minimum absolute atomic E-state index is 0.0977. The normalized spacial score (nSPS) is 10.4. The van der Waals surface area contributed by atoms with E-state index in [-0.39, 0.29) is 48.1 Å². The summed E-state index contributed by atoms with van der Waals surface area (Å²) in [5, 5.41) is 16.9. The standard InChI is InChI=1S/C23H23N3O8/c1-31-10-11-34-21-13-19(26(29)30)17(12-20(21)32-2)23(28)25-18-8-4-3-7-16(18)22(27)24-14-15-6-5-9-33-15/h3-9,12-13H,10-11,14H2,1-2H3,(H,24,27)(H,25,28). The van der Waals surface area contributed by atoms with Crippen molar-refractivity contribution in [1.29, 1.82) is 0 Å². The Morgan fingerprint density at radius 2 is 1.79 bits per heavy atom. The van der Waals surface area contributed by atoms with Crippen LogP contribution in [0.1, 0.15) is 26.5 Å². The monoisotopic (exact) mass is 469 g/mol. The van der Waals surface area contributed by atoms with Gasteiger partial charge in [-0.3, -0.25) is 19.7 Å². The summed E-state index contributed by atoms with van der Waals surface area (Å²) in [6.45, 7) is 0.551. The third-order valence-electron chi connectivity index (χ3n) is 4.69. The van der Waals surface area contributed by atoms with Gasteiger partial charge in [-0.2, -0.15) is 0 Å². The van der Waals surface area contributed by atoms with Gasteiger partial charge in [-0.25, -0.2) is 0 Å². The zero-order valence-electron chi connectivity index (χ0n) is 18.5. The molecule has 0 radical (unpaired) electrons. The Hall–Kier alpha value is -4.38. The number of nitrogens with one attached hydrogen (secondary N) is 2. The van der Waals surface area contributed by atoms with Gasteiger partial charge in [-0.1, -0.05) is 12.1 Å². The second-order valence-corrected chi connectivity index (χ2v) is 6.88. The van der Waals surface area contributed by atoms with Gasteiger partial charge in [0, 0.05) is 13.2 Å². The summed E-state index contributed by atoms with van der Waals surface area (Å²) >= 11 is 0. The van der Waals surface area contributed by atoms with Crippen molar-refractivity contribution in [3.8, 4) is 11.5 Å². The fourth-order valence-electron chi connectivity index (χ4n) is 3.04. The Kier molecular flexibility index (Phi) is 8.19. The highest BCUT2D eigenvalue weighted by Gasteiger charge is 2.26. The van der Waals surface area contributed by atoms with Crippen LogP contribution in [-0.4, -0.2) is 44.2 Å². The van der Waals surface area contributed by atoms with Crippen molar-refractivity contribution >= 4 is 23.2 Å². The van der Waals surface area contributed by atoms with Crippen molar-refractivity contribution in [3.05, 3.63) is 81.8 Å². The first-order valence-corrected chi connectivity index (χ1v) is 10.1. The van der Waals surface area contributed by atoms with Crippen molar-refractivity contribution in [2.45, 2.75) is 6.54 Å². The van der Waals surface area contributed by atoms with Crippen LogP contribution in [0.4, 0.5) is 11.4 Å². The average molecular weight is 469 g/mol. The molecule has 11 nitrogen and oxygen atoms in total. The molecule has 34 heavy (non-hydrogen) atoms. The summed E-state index contributed by atoms with van der Waals surface area (Å²) in [5.74, 6) is -0.455. The van der Waals surface area contributed by atoms with Crippen molar-refractivity contribution in [3.63, 3.8) is 0 Å². The number of nitro benzene ring substituents is 1. The molecule has 1 heterocycles. The number of methoxy groups -OCH3 is 2. The lowest BCUT2D eigenvalue weighted by molar-refractivity contribution is -0.385. The molecule has 0 fully saturated rings. The zero-order valence-corrected chi connectivity index (χ0v) is 18.5. The smallest absolute Gasteiger partial charge is 0.286 e. The Balaban J connectivity index is 1.85. The number of hydrogen-bond acceptors (Lipinski definition) is 8. The lowest BCUT2D eigenvalue weighted by Crippen LogP contribution is -2.25. The van der Waals surface area contributed by atoms with E-state index in [2.05, 4.69) is 10.6 Å². The quantitative estimate of drug-likeness (QED) is 0.247. The molecule has 3 aromatic rings. The largest absolute Gasteiger partial charge is 0.493 e. The molecular formula is C23H23N3O8. The Bertz CT molecular complexity index is 1160. The van der Waals surface area contributed by atoms with E-state index in [1.807, 2.05) is 0 Å². The number of anilines is 1. The number of ether oxygens (including phenoxy) is 3. The first kappa shape index (κ1) is 24.3. The fourth-order valence-corrected chi connectivity index (χ4v) is 3.04. The number of nitro groups is 1. The van der Waals surface area contributed by atoms with Crippen LogP contribution in [0.3, 0.4) is 0 Å². The molecule has 2 N–H and O–H groups in total. The van der Waals surface area contributed by atoms with E-state index >= 15 is 0 Å². The minimum atomic E-state index is -0.792. The molecule has 0 unspecified atom stereocenters. The van der Waals surface area contributed by atoms with Crippen LogP contribution in [0.5, 0.6) is 11.5 Å². The third kappa shape index (κ3) is 5.90. The number of rotatable bonds is 11. The molecule has 178 valence electrons. The predicted octanol–water partition coefficient (Wildman–Crippen LogP) is 3.40. The number of hydrogen-bond donors (Lipinski definition) is 2. The minimum Gasteiger partial charge on any atom is -0.493 e. The molecule has 0 saturated heterocycles. The number of amides is 2. The number of para-hydroxylation sites is 1. The number of carbonyl (C=O) groups excluding carboxylic acids is 2. The molecule has 0 aliphatic carbocycles. The second kappa shape index (κ2) is 11.5. The molecule has 3 rings (SSSR count). The summed E-state index contributed by atoms with van der Waals surface area (Å²) in [7, 11) is 2.84. The Labute approximate surface area is 194 Å². The van der Waals surface area contributed by atoms with E-state index in [1.165, 1.54) is 38.7 Å². The molecule has 0 spiro atoms. The van der Waals surface area contributed by atoms with E-state index in [9.17, 15) is 19.7 Å². The van der Waals surface area contributed by atoms with Gasteiger partial charge in [0.1, 0.15) is 17.9 Å². The van der Waals surface area contributed by atoms with Crippen LogP contribution in [0.2, 0.25) is 0 Å². The van der Waals surface area contributed by atoms with E-state index in [0.29, 0.717) is 5.76 Å². The molecule has 2 amide bonds. The summed E-state index contributed by atoms with van der Waals surface area (Å²) in [6, 6.07) is 12.0. The maximum atomic E-state index is 13.0.